The summed E-state index contributed by atoms with van der Waals surface area (Å²) in [6.45, 7) is 5.87. The summed E-state index contributed by atoms with van der Waals surface area (Å²) in [6.07, 6.45) is 4.35. The topological polar surface area (TPSA) is 12.5 Å². The lowest BCUT2D eigenvalue weighted by Gasteiger charge is -2.35. The molecule has 3 fully saturated rings. The van der Waals surface area contributed by atoms with Gasteiger partial charge in [-0.25, -0.2) is 0 Å². The van der Waals surface area contributed by atoms with Crippen molar-refractivity contribution in [3.8, 4) is 0 Å². The molecule has 3 unspecified atom stereocenters. The second-order valence-corrected chi connectivity index (χ2v) is 5.11. The van der Waals surface area contributed by atoms with E-state index in [-0.39, 0.29) is 0 Å². The highest BCUT2D eigenvalue weighted by Crippen LogP contribution is 2.67. The normalized spacial score (nSPS) is 57.3. The molecule has 1 aliphatic heterocycles. The van der Waals surface area contributed by atoms with Gasteiger partial charge in [-0.3, -0.25) is 0 Å². The summed E-state index contributed by atoms with van der Waals surface area (Å²) in [5.41, 5.74) is 0.853. The minimum Gasteiger partial charge on any atom is -0.369 e. The van der Waals surface area contributed by atoms with Gasteiger partial charge >= 0.3 is 0 Å². The molecular weight excluding hydrogens is 136 g/mol. The highest BCUT2D eigenvalue weighted by Gasteiger charge is 2.70. The number of rotatable bonds is 0. The van der Waals surface area contributed by atoms with Crippen LogP contribution < -0.4 is 0 Å². The van der Waals surface area contributed by atoms with Crippen LogP contribution in [0.5, 0.6) is 0 Å². The van der Waals surface area contributed by atoms with Crippen LogP contribution >= 0.6 is 0 Å². The van der Waals surface area contributed by atoms with E-state index in [0.29, 0.717) is 11.0 Å². The first-order valence-corrected chi connectivity index (χ1v) is 4.81. The number of hydrogen-bond acceptors (Lipinski definition) is 1. The van der Waals surface area contributed by atoms with Crippen molar-refractivity contribution in [2.45, 2.75) is 38.7 Å². The molecule has 0 aromatic carbocycles. The Morgan fingerprint density at radius 2 is 1.82 bits per heavy atom. The van der Waals surface area contributed by atoms with Crippen LogP contribution in [-0.2, 0) is 4.74 Å². The Kier molecular flexibility index (Phi) is 0.893. The van der Waals surface area contributed by atoms with E-state index in [4.69, 9.17) is 4.74 Å². The predicted molar refractivity (Wildman–Crippen MR) is 43.3 cm³/mol. The number of epoxide rings is 1. The van der Waals surface area contributed by atoms with Gasteiger partial charge in [-0.15, -0.1) is 0 Å². The van der Waals surface area contributed by atoms with Gasteiger partial charge in [-0.1, -0.05) is 13.8 Å². The molecule has 11 heavy (non-hydrogen) atoms. The Labute approximate surface area is 68.1 Å². The number of hydrogen-bond donors (Lipinski definition) is 0. The van der Waals surface area contributed by atoms with Crippen LogP contribution in [0.2, 0.25) is 0 Å². The molecule has 3 rings (SSSR count). The van der Waals surface area contributed by atoms with Crippen molar-refractivity contribution in [1.29, 1.82) is 0 Å². The van der Waals surface area contributed by atoms with E-state index in [1.165, 1.54) is 19.3 Å². The molecular formula is C10H16O. The first-order chi connectivity index (χ1) is 5.17. The molecule has 62 valence electrons. The zero-order valence-corrected chi connectivity index (χ0v) is 7.39. The molecule has 0 amide bonds. The van der Waals surface area contributed by atoms with Gasteiger partial charge in [0, 0.05) is 0 Å². The summed E-state index contributed by atoms with van der Waals surface area (Å²) in [5.74, 6) is 1.89. The third-order valence-corrected chi connectivity index (χ3v) is 4.66. The van der Waals surface area contributed by atoms with Gasteiger partial charge in [0.15, 0.2) is 0 Å². The highest BCUT2D eigenvalue weighted by atomic mass is 16.6. The van der Waals surface area contributed by atoms with Crippen molar-refractivity contribution < 1.29 is 4.74 Å². The Balaban J connectivity index is 2.05. The molecule has 0 radical (unpaired) electrons. The molecule has 0 aromatic heterocycles. The van der Waals surface area contributed by atoms with Gasteiger partial charge in [0.2, 0.25) is 0 Å². The fourth-order valence-electron chi connectivity index (χ4n) is 3.62. The van der Waals surface area contributed by atoms with Crippen molar-refractivity contribution in [2.75, 3.05) is 6.61 Å². The Bertz CT molecular complexity index is 193. The van der Waals surface area contributed by atoms with Crippen molar-refractivity contribution in [3.63, 3.8) is 0 Å². The van der Waals surface area contributed by atoms with Crippen molar-refractivity contribution in [3.05, 3.63) is 0 Å². The molecule has 0 N–H and O–H groups in total. The smallest absolute Gasteiger partial charge is 0.0997 e. The van der Waals surface area contributed by atoms with Gasteiger partial charge in [-0.2, -0.15) is 0 Å². The van der Waals surface area contributed by atoms with Gasteiger partial charge in [0.25, 0.3) is 0 Å². The molecule has 3 aliphatic rings. The van der Waals surface area contributed by atoms with Crippen molar-refractivity contribution in [2.24, 2.45) is 17.3 Å². The maximum atomic E-state index is 5.71. The monoisotopic (exact) mass is 152 g/mol. The molecule has 1 heterocycles. The van der Waals surface area contributed by atoms with Gasteiger partial charge in [-0.05, 0) is 36.5 Å². The third-order valence-electron chi connectivity index (χ3n) is 4.66. The summed E-state index contributed by atoms with van der Waals surface area (Å²) in [5, 5.41) is 0. The van der Waals surface area contributed by atoms with E-state index in [1.54, 1.807) is 0 Å². The fraction of sp³-hybridized carbons (Fsp3) is 1.00. The van der Waals surface area contributed by atoms with Gasteiger partial charge < -0.3 is 4.74 Å². The van der Waals surface area contributed by atoms with Crippen LogP contribution in [0.25, 0.3) is 0 Å². The summed E-state index contributed by atoms with van der Waals surface area (Å²) in [7, 11) is 0. The van der Waals surface area contributed by atoms with Crippen molar-refractivity contribution >= 4 is 0 Å². The lowest BCUT2D eigenvalue weighted by molar-refractivity contribution is 0.0736. The van der Waals surface area contributed by atoms with Crippen LogP contribution in [0.15, 0.2) is 0 Å². The zero-order valence-electron chi connectivity index (χ0n) is 7.39. The lowest BCUT2D eigenvalue weighted by Crippen LogP contribution is -2.38. The quantitative estimate of drug-likeness (QED) is 0.485. The first kappa shape index (κ1) is 6.47. The van der Waals surface area contributed by atoms with Crippen molar-refractivity contribution in [1.82, 2.24) is 0 Å². The molecule has 3 atom stereocenters. The average molecular weight is 152 g/mol. The Morgan fingerprint density at radius 3 is 2.18 bits per heavy atom. The van der Waals surface area contributed by atoms with Gasteiger partial charge in [0.05, 0.1) is 12.2 Å². The standard InChI is InChI=1S/C10H16O/c1-9(2)7-3-4-8(5-7)10(9)6-11-10/h7-8H,3-6H2,1-2H3. The summed E-state index contributed by atoms with van der Waals surface area (Å²) in [4.78, 5) is 0. The Morgan fingerprint density at radius 1 is 1.18 bits per heavy atom. The van der Waals surface area contributed by atoms with E-state index in [9.17, 15) is 0 Å². The lowest BCUT2D eigenvalue weighted by atomic mass is 9.69. The minimum atomic E-state index is 0.357. The molecule has 1 heteroatoms. The van der Waals surface area contributed by atoms with Crippen LogP contribution in [0, 0.1) is 17.3 Å². The maximum absolute atomic E-state index is 5.71. The van der Waals surface area contributed by atoms with E-state index in [0.717, 1.165) is 18.4 Å². The molecule has 2 saturated carbocycles. The molecule has 1 saturated heterocycles. The maximum Gasteiger partial charge on any atom is 0.0997 e. The van der Waals surface area contributed by atoms with Crippen LogP contribution in [-0.4, -0.2) is 12.2 Å². The van der Waals surface area contributed by atoms with Crippen LogP contribution in [0.4, 0.5) is 0 Å². The van der Waals surface area contributed by atoms with E-state index >= 15 is 0 Å². The molecule has 2 aliphatic carbocycles. The van der Waals surface area contributed by atoms with Crippen LogP contribution in [0.3, 0.4) is 0 Å². The molecule has 1 nitrogen and oxygen atoms in total. The van der Waals surface area contributed by atoms with E-state index < -0.39 is 0 Å². The SMILES string of the molecule is CC1(C)C2CCC(C2)C12CO2. The molecule has 0 aromatic rings. The van der Waals surface area contributed by atoms with Gasteiger partial charge in [0.1, 0.15) is 0 Å². The second kappa shape index (κ2) is 1.52. The van der Waals surface area contributed by atoms with Crippen LogP contribution in [0.1, 0.15) is 33.1 Å². The Hall–Kier alpha value is -0.0400. The number of ether oxygens (including phenoxy) is 1. The second-order valence-electron chi connectivity index (χ2n) is 5.11. The number of fused-ring (bicyclic) bond motifs is 3. The molecule has 2 bridgehead atoms. The highest BCUT2D eigenvalue weighted by molar-refractivity contribution is 5.18. The largest absolute Gasteiger partial charge is 0.369 e. The van der Waals surface area contributed by atoms with E-state index in [2.05, 4.69) is 13.8 Å². The summed E-state index contributed by atoms with van der Waals surface area (Å²) in [6, 6.07) is 0. The van der Waals surface area contributed by atoms with E-state index in [1.807, 2.05) is 0 Å². The minimum absolute atomic E-state index is 0.357. The summed E-state index contributed by atoms with van der Waals surface area (Å²) < 4.78 is 5.71. The molecule has 1 spiro atoms. The first-order valence-electron chi connectivity index (χ1n) is 4.81. The fourth-order valence-corrected chi connectivity index (χ4v) is 3.62. The zero-order chi connectivity index (χ0) is 7.69. The summed E-state index contributed by atoms with van der Waals surface area (Å²) >= 11 is 0. The predicted octanol–water partition coefficient (Wildman–Crippen LogP) is 2.21. The third kappa shape index (κ3) is 0.516. The average Bonchev–Trinajstić information content (AvgIpc) is 2.55.